The van der Waals surface area contributed by atoms with Gasteiger partial charge in [0.05, 0.1) is 5.56 Å². The summed E-state index contributed by atoms with van der Waals surface area (Å²) < 4.78 is 57.6. The van der Waals surface area contributed by atoms with Gasteiger partial charge in [0, 0.05) is 0 Å². The molecule has 0 N–H and O–H groups in total. The van der Waals surface area contributed by atoms with Crippen molar-refractivity contribution in [2.75, 3.05) is 0 Å². The topological polar surface area (TPSA) is 48.2 Å². The maximum absolute atomic E-state index is 12.9. The Morgan fingerprint density at radius 1 is 1.24 bits per heavy atom. The largest absolute Gasteiger partial charge is 0.573 e. The number of aromatic nitrogens is 2. The highest BCUT2D eigenvalue weighted by Gasteiger charge is 2.32. The Morgan fingerprint density at radius 3 is 2.59 bits per heavy atom. The molecule has 0 saturated carbocycles. The van der Waals surface area contributed by atoms with Crippen molar-refractivity contribution in [2.24, 2.45) is 0 Å². The predicted octanol–water partition coefficient (Wildman–Crippen LogP) is 2.77. The van der Waals surface area contributed by atoms with Gasteiger partial charge in [0.15, 0.2) is 0 Å². The number of benzene rings is 1. The van der Waals surface area contributed by atoms with Crippen LogP contribution >= 0.6 is 0 Å². The van der Waals surface area contributed by atoms with Gasteiger partial charge in [-0.15, -0.1) is 23.4 Å². The summed E-state index contributed by atoms with van der Waals surface area (Å²) in [5.41, 5.74) is -0.264. The molecule has 17 heavy (non-hydrogen) atoms. The molecule has 1 heterocycles. The zero-order chi connectivity index (χ0) is 12.5. The molecule has 1 aromatic heterocycles. The first-order valence-electron chi connectivity index (χ1n) is 4.27. The maximum atomic E-state index is 12.9. The minimum atomic E-state index is -4.88. The second kappa shape index (κ2) is 4.04. The van der Waals surface area contributed by atoms with E-state index in [0.717, 1.165) is 24.6 Å². The third-order valence-electron chi connectivity index (χ3n) is 1.76. The molecular weight excluding hydrogens is 244 g/mol. The molecule has 0 aliphatic carbocycles. The molecule has 0 atom stereocenters. The smallest absolute Gasteiger partial charge is 0.423 e. The van der Waals surface area contributed by atoms with Gasteiger partial charge in [-0.2, -0.15) is 0 Å². The fourth-order valence-corrected chi connectivity index (χ4v) is 1.17. The summed E-state index contributed by atoms with van der Waals surface area (Å²) >= 11 is 0. The highest BCUT2D eigenvalue weighted by atomic mass is 19.4. The van der Waals surface area contributed by atoms with E-state index in [2.05, 4.69) is 14.9 Å². The van der Waals surface area contributed by atoms with Gasteiger partial charge in [-0.1, -0.05) is 0 Å². The summed E-state index contributed by atoms with van der Waals surface area (Å²) in [5.74, 6) is -1.61. The quantitative estimate of drug-likeness (QED) is 0.766. The second-order valence-corrected chi connectivity index (χ2v) is 2.93. The summed E-state index contributed by atoms with van der Waals surface area (Å²) in [7, 11) is 0. The van der Waals surface area contributed by atoms with Crippen molar-refractivity contribution in [1.82, 2.24) is 10.2 Å². The Hall–Kier alpha value is -2.12. The Balaban J connectivity index is 2.45. The van der Waals surface area contributed by atoms with Crippen LogP contribution in [0.4, 0.5) is 17.6 Å². The highest BCUT2D eigenvalue weighted by molar-refractivity contribution is 5.62. The van der Waals surface area contributed by atoms with Crippen LogP contribution in [0, 0.1) is 5.82 Å². The monoisotopic (exact) mass is 248 g/mol. The maximum Gasteiger partial charge on any atom is 0.573 e. The first-order valence-corrected chi connectivity index (χ1v) is 4.27. The van der Waals surface area contributed by atoms with E-state index in [9.17, 15) is 17.6 Å². The van der Waals surface area contributed by atoms with Crippen LogP contribution in [0.15, 0.2) is 29.0 Å². The van der Waals surface area contributed by atoms with Gasteiger partial charge < -0.3 is 9.15 Å². The Morgan fingerprint density at radius 2 is 2.00 bits per heavy atom. The van der Waals surface area contributed by atoms with Gasteiger partial charge in [0.1, 0.15) is 11.6 Å². The van der Waals surface area contributed by atoms with E-state index in [0.29, 0.717) is 0 Å². The van der Waals surface area contributed by atoms with E-state index in [4.69, 9.17) is 4.42 Å². The van der Waals surface area contributed by atoms with Gasteiger partial charge >= 0.3 is 6.36 Å². The molecule has 0 saturated heterocycles. The molecule has 0 aliphatic rings. The van der Waals surface area contributed by atoms with Crippen molar-refractivity contribution in [1.29, 1.82) is 0 Å². The van der Waals surface area contributed by atoms with Crippen LogP contribution in [0.25, 0.3) is 11.5 Å². The van der Waals surface area contributed by atoms with Gasteiger partial charge in [-0.05, 0) is 18.2 Å². The van der Waals surface area contributed by atoms with Crippen molar-refractivity contribution in [3.63, 3.8) is 0 Å². The van der Waals surface area contributed by atoms with Gasteiger partial charge in [0.2, 0.25) is 6.39 Å². The average molecular weight is 248 g/mol. The molecule has 0 bridgehead atoms. The van der Waals surface area contributed by atoms with Crippen molar-refractivity contribution in [2.45, 2.75) is 6.36 Å². The van der Waals surface area contributed by atoms with E-state index >= 15 is 0 Å². The third kappa shape index (κ3) is 2.71. The third-order valence-corrected chi connectivity index (χ3v) is 1.76. The van der Waals surface area contributed by atoms with Crippen LogP contribution in [-0.4, -0.2) is 16.6 Å². The van der Waals surface area contributed by atoms with E-state index in [-0.39, 0.29) is 11.5 Å². The lowest BCUT2D eigenvalue weighted by molar-refractivity contribution is -0.274. The summed E-state index contributed by atoms with van der Waals surface area (Å²) in [6.07, 6.45) is -3.97. The lowest BCUT2D eigenvalue weighted by Crippen LogP contribution is -2.17. The van der Waals surface area contributed by atoms with E-state index in [1.165, 1.54) is 0 Å². The van der Waals surface area contributed by atoms with Crippen molar-refractivity contribution in [3.05, 3.63) is 30.4 Å². The normalized spacial score (nSPS) is 11.5. The van der Waals surface area contributed by atoms with Crippen LogP contribution in [0.2, 0.25) is 0 Å². The van der Waals surface area contributed by atoms with E-state index < -0.39 is 17.9 Å². The minimum Gasteiger partial charge on any atom is -0.423 e. The molecule has 1 aromatic carbocycles. The molecule has 0 fully saturated rings. The molecule has 0 amide bonds. The molecular formula is C9H4F4N2O2. The van der Waals surface area contributed by atoms with Crippen molar-refractivity contribution < 1.29 is 26.7 Å². The Kier molecular flexibility index (Phi) is 2.70. The molecule has 4 nitrogen and oxygen atoms in total. The molecule has 90 valence electrons. The number of hydrogen-bond donors (Lipinski definition) is 0. The number of ether oxygens (including phenoxy) is 1. The predicted molar refractivity (Wildman–Crippen MR) is 46.4 cm³/mol. The van der Waals surface area contributed by atoms with Crippen molar-refractivity contribution in [3.8, 4) is 17.2 Å². The Labute approximate surface area is 91.8 Å². The minimum absolute atomic E-state index is 0.260. The van der Waals surface area contributed by atoms with Crippen LogP contribution in [0.3, 0.4) is 0 Å². The molecule has 2 rings (SSSR count). The van der Waals surface area contributed by atoms with Crippen molar-refractivity contribution >= 4 is 0 Å². The number of alkyl halides is 3. The lowest BCUT2D eigenvalue weighted by Gasteiger charge is -2.11. The van der Waals surface area contributed by atoms with Gasteiger partial charge in [-0.25, -0.2) is 4.39 Å². The first-order chi connectivity index (χ1) is 7.96. The molecule has 8 heteroatoms. The number of rotatable bonds is 2. The standard InChI is InChI=1S/C9H4F4N2O2/c10-5-1-2-7(17-9(11,12)13)6(3-5)8-15-14-4-16-8/h1-4H. The van der Waals surface area contributed by atoms with Crippen LogP contribution < -0.4 is 4.74 Å². The molecule has 0 unspecified atom stereocenters. The molecule has 0 spiro atoms. The average Bonchev–Trinajstić information content (AvgIpc) is 2.71. The van der Waals surface area contributed by atoms with Gasteiger partial charge in [-0.3, -0.25) is 0 Å². The zero-order valence-corrected chi connectivity index (χ0v) is 8.03. The summed E-state index contributed by atoms with van der Waals surface area (Å²) in [4.78, 5) is 0. The number of nitrogens with zero attached hydrogens (tertiary/aromatic N) is 2. The summed E-state index contributed by atoms with van der Waals surface area (Å²) in [6.45, 7) is 0. The zero-order valence-electron chi connectivity index (χ0n) is 8.03. The highest BCUT2D eigenvalue weighted by Crippen LogP contribution is 2.33. The van der Waals surface area contributed by atoms with Gasteiger partial charge in [0.25, 0.3) is 5.89 Å². The van der Waals surface area contributed by atoms with E-state index in [1.807, 2.05) is 0 Å². The molecule has 0 aliphatic heterocycles. The van der Waals surface area contributed by atoms with Crippen LogP contribution in [-0.2, 0) is 0 Å². The van der Waals surface area contributed by atoms with Crippen LogP contribution in [0.1, 0.15) is 0 Å². The summed E-state index contributed by atoms with van der Waals surface area (Å²) in [6, 6.07) is 2.48. The summed E-state index contributed by atoms with van der Waals surface area (Å²) in [5, 5.41) is 6.68. The molecule has 2 aromatic rings. The first kappa shape index (κ1) is 11.4. The second-order valence-electron chi connectivity index (χ2n) is 2.93. The Bertz CT molecular complexity index is 510. The number of halogens is 4. The lowest BCUT2D eigenvalue weighted by atomic mass is 10.2. The SMILES string of the molecule is Fc1ccc(OC(F)(F)F)c(-c2nnco2)c1. The fraction of sp³-hybridized carbons (Fsp3) is 0.111. The molecule has 0 radical (unpaired) electrons. The van der Waals surface area contributed by atoms with Crippen LogP contribution in [0.5, 0.6) is 5.75 Å². The fourth-order valence-electron chi connectivity index (χ4n) is 1.17. The number of hydrogen-bond acceptors (Lipinski definition) is 4. The van der Waals surface area contributed by atoms with E-state index in [1.54, 1.807) is 0 Å².